The Hall–Kier alpha value is -3.11. The molecule has 2 aromatic heterocycles. The van der Waals surface area contributed by atoms with Crippen LogP contribution in [0.1, 0.15) is 21.5 Å². The number of hydrogen-bond donors (Lipinski definition) is 0. The molecule has 0 amide bonds. The number of ether oxygens (including phenoxy) is 1. The first-order chi connectivity index (χ1) is 11.9. The third kappa shape index (κ3) is 3.39. The molecular formula is C18H14N2O4S. The molecule has 0 atom stereocenters. The smallest absolute Gasteiger partial charge is 0.338 e. The Morgan fingerprint density at radius 2 is 2.04 bits per heavy atom. The summed E-state index contributed by atoms with van der Waals surface area (Å²) >= 11 is 0. The van der Waals surface area contributed by atoms with Gasteiger partial charge in [-0.3, -0.25) is 0 Å². The van der Waals surface area contributed by atoms with Gasteiger partial charge in [0.2, 0.25) is 0 Å². The largest absolute Gasteiger partial charge is 0.457 e. The third-order valence-corrected chi connectivity index (χ3v) is 4.84. The molecule has 0 saturated heterocycles. The molecule has 126 valence electrons. The molecule has 0 spiro atoms. The van der Waals surface area contributed by atoms with E-state index in [0.717, 1.165) is 11.8 Å². The predicted molar refractivity (Wildman–Crippen MR) is 90.8 cm³/mol. The van der Waals surface area contributed by atoms with E-state index in [1.54, 1.807) is 22.9 Å². The molecule has 0 unspecified atom stereocenters. The zero-order valence-electron chi connectivity index (χ0n) is 13.3. The molecule has 6 nitrogen and oxygen atoms in total. The summed E-state index contributed by atoms with van der Waals surface area (Å²) in [5.74, 6) is -0.648. The second kappa shape index (κ2) is 6.42. The number of nitrogens with zero attached hydrogens (tertiary/aromatic N) is 2. The van der Waals surface area contributed by atoms with Crippen LogP contribution in [0, 0.1) is 11.3 Å². The first-order valence-electron chi connectivity index (χ1n) is 7.36. The van der Waals surface area contributed by atoms with Crippen LogP contribution in [-0.4, -0.2) is 25.0 Å². The lowest BCUT2D eigenvalue weighted by atomic mass is 10.2. The van der Waals surface area contributed by atoms with Gasteiger partial charge in [-0.25, -0.2) is 13.2 Å². The van der Waals surface area contributed by atoms with Crippen molar-refractivity contribution in [2.24, 2.45) is 0 Å². The van der Waals surface area contributed by atoms with Gasteiger partial charge in [0.1, 0.15) is 12.7 Å². The van der Waals surface area contributed by atoms with Crippen molar-refractivity contribution in [3.8, 4) is 6.07 Å². The van der Waals surface area contributed by atoms with Crippen LogP contribution < -0.4 is 0 Å². The summed E-state index contributed by atoms with van der Waals surface area (Å²) in [6.45, 7) is -0.0769. The Morgan fingerprint density at radius 3 is 2.76 bits per heavy atom. The van der Waals surface area contributed by atoms with E-state index in [9.17, 15) is 18.5 Å². The van der Waals surface area contributed by atoms with Gasteiger partial charge in [-0.2, -0.15) is 5.26 Å². The van der Waals surface area contributed by atoms with Crippen molar-refractivity contribution in [1.29, 1.82) is 5.26 Å². The predicted octanol–water partition coefficient (Wildman–Crippen LogP) is 2.57. The Kier molecular flexibility index (Phi) is 4.30. The molecule has 25 heavy (non-hydrogen) atoms. The van der Waals surface area contributed by atoms with Crippen LogP contribution in [0.3, 0.4) is 0 Å². The zero-order valence-corrected chi connectivity index (χ0v) is 14.2. The molecule has 0 radical (unpaired) electrons. The zero-order chi connectivity index (χ0) is 18.0. The van der Waals surface area contributed by atoms with Crippen LogP contribution >= 0.6 is 0 Å². The van der Waals surface area contributed by atoms with Gasteiger partial charge in [0.25, 0.3) is 0 Å². The number of hydrogen-bond acceptors (Lipinski definition) is 5. The summed E-state index contributed by atoms with van der Waals surface area (Å²) in [7, 11) is -3.41. The molecule has 0 aliphatic carbocycles. The second-order valence-electron chi connectivity index (χ2n) is 5.51. The number of rotatable bonds is 4. The Bertz CT molecular complexity index is 1110. The molecule has 0 aliphatic rings. The van der Waals surface area contributed by atoms with Crippen LogP contribution in [0.2, 0.25) is 0 Å². The van der Waals surface area contributed by atoms with E-state index >= 15 is 0 Å². The van der Waals surface area contributed by atoms with Crippen LogP contribution in [0.25, 0.3) is 5.52 Å². The molecule has 1 aromatic carbocycles. The van der Waals surface area contributed by atoms with Gasteiger partial charge in [-0.05, 0) is 30.3 Å². The van der Waals surface area contributed by atoms with E-state index in [4.69, 9.17) is 4.74 Å². The average Bonchev–Trinajstić information content (AvgIpc) is 2.96. The highest BCUT2D eigenvalue weighted by Crippen LogP contribution is 2.19. The van der Waals surface area contributed by atoms with Crippen LogP contribution in [0.15, 0.2) is 59.8 Å². The maximum absolute atomic E-state index is 12.2. The molecule has 2 heterocycles. The van der Waals surface area contributed by atoms with Gasteiger partial charge in [0, 0.05) is 24.2 Å². The lowest BCUT2D eigenvalue weighted by Crippen LogP contribution is -2.07. The van der Waals surface area contributed by atoms with E-state index in [-0.39, 0.29) is 17.1 Å². The molecule has 3 aromatic rings. The maximum atomic E-state index is 12.2. The normalized spacial score (nSPS) is 11.2. The number of sulfone groups is 1. The number of carbonyl (C=O) groups excluding carboxylic acids is 1. The standard InChI is InChI=1S/C18H14N2O4S/c1-25(22,23)15-6-4-5-13(9-15)18(21)24-12-14-11-20-8-3-2-7-17(20)16(14)10-19/h2-9,11H,12H2,1H3. The molecule has 3 rings (SSSR count). The summed E-state index contributed by atoms with van der Waals surface area (Å²) in [4.78, 5) is 12.3. The highest BCUT2D eigenvalue weighted by atomic mass is 32.2. The second-order valence-corrected chi connectivity index (χ2v) is 7.53. The first kappa shape index (κ1) is 16.7. The number of fused-ring (bicyclic) bond motifs is 1. The number of esters is 1. The third-order valence-electron chi connectivity index (χ3n) is 3.73. The van der Waals surface area contributed by atoms with E-state index < -0.39 is 15.8 Å². The van der Waals surface area contributed by atoms with E-state index in [2.05, 4.69) is 6.07 Å². The fraction of sp³-hybridized carbons (Fsp3) is 0.111. The minimum absolute atomic E-state index is 0.0502. The minimum atomic E-state index is -3.41. The monoisotopic (exact) mass is 354 g/mol. The summed E-state index contributed by atoms with van der Waals surface area (Å²) in [6.07, 6.45) is 4.61. The molecule has 0 aliphatic heterocycles. The Balaban J connectivity index is 1.83. The van der Waals surface area contributed by atoms with Crippen molar-refractivity contribution in [2.45, 2.75) is 11.5 Å². The van der Waals surface area contributed by atoms with Gasteiger partial charge < -0.3 is 9.14 Å². The van der Waals surface area contributed by atoms with Crippen molar-refractivity contribution in [3.05, 3.63) is 71.5 Å². The number of nitriles is 1. The number of pyridine rings is 1. The Labute approximate surface area is 144 Å². The minimum Gasteiger partial charge on any atom is -0.457 e. The fourth-order valence-electron chi connectivity index (χ4n) is 2.50. The van der Waals surface area contributed by atoms with Crippen LogP contribution in [0.5, 0.6) is 0 Å². The lowest BCUT2D eigenvalue weighted by molar-refractivity contribution is 0.0472. The van der Waals surface area contributed by atoms with Crippen molar-refractivity contribution in [2.75, 3.05) is 6.26 Å². The van der Waals surface area contributed by atoms with Crippen molar-refractivity contribution in [3.63, 3.8) is 0 Å². The molecular weight excluding hydrogens is 340 g/mol. The highest BCUT2D eigenvalue weighted by molar-refractivity contribution is 7.90. The van der Waals surface area contributed by atoms with Crippen LogP contribution in [0.4, 0.5) is 0 Å². The molecule has 0 N–H and O–H groups in total. The fourth-order valence-corrected chi connectivity index (χ4v) is 3.16. The van der Waals surface area contributed by atoms with Gasteiger partial charge in [-0.15, -0.1) is 0 Å². The number of aromatic nitrogens is 1. The quantitative estimate of drug-likeness (QED) is 0.672. The van der Waals surface area contributed by atoms with Crippen LogP contribution in [-0.2, 0) is 21.2 Å². The summed E-state index contributed by atoms with van der Waals surface area (Å²) < 4.78 is 30.2. The van der Waals surface area contributed by atoms with E-state index in [1.807, 2.05) is 12.1 Å². The average molecular weight is 354 g/mol. The Morgan fingerprint density at radius 1 is 1.24 bits per heavy atom. The topological polar surface area (TPSA) is 88.6 Å². The van der Waals surface area contributed by atoms with Gasteiger partial charge >= 0.3 is 5.97 Å². The molecule has 0 saturated carbocycles. The SMILES string of the molecule is CS(=O)(=O)c1cccc(C(=O)OCc2cn3ccccc3c2C#N)c1. The molecule has 0 bridgehead atoms. The van der Waals surface area contributed by atoms with Gasteiger partial charge in [0.15, 0.2) is 9.84 Å². The van der Waals surface area contributed by atoms with Crippen molar-refractivity contribution >= 4 is 21.3 Å². The number of benzene rings is 1. The first-order valence-corrected chi connectivity index (χ1v) is 9.25. The van der Waals surface area contributed by atoms with Gasteiger partial charge in [0.05, 0.1) is 21.5 Å². The van der Waals surface area contributed by atoms with E-state index in [1.165, 1.54) is 24.3 Å². The van der Waals surface area contributed by atoms with Gasteiger partial charge in [-0.1, -0.05) is 12.1 Å². The van der Waals surface area contributed by atoms with Crippen molar-refractivity contribution in [1.82, 2.24) is 4.40 Å². The lowest BCUT2D eigenvalue weighted by Gasteiger charge is -2.05. The van der Waals surface area contributed by atoms with Crippen molar-refractivity contribution < 1.29 is 17.9 Å². The summed E-state index contributed by atoms with van der Waals surface area (Å²) in [6, 6.07) is 13.2. The maximum Gasteiger partial charge on any atom is 0.338 e. The highest BCUT2D eigenvalue weighted by Gasteiger charge is 2.15. The summed E-state index contributed by atoms with van der Waals surface area (Å²) in [5.41, 5.74) is 1.90. The van der Waals surface area contributed by atoms with E-state index in [0.29, 0.717) is 11.1 Å². The summed E-state index contributed by atoms with van der Waals surface area (Å²) in [5, 5.41) is 9.34. The number of carbonyl (C=O) groups is 1. The molecule has 7 heteroatoms. The molecule has 0 fully saturated rings.